The van der Waals surface area contributed by atoms with E-state index in [1.807, 2.05) is 6.07 Å². The fraction of sp³-hybridized carbons (Fsp3) is 0.636. The number of furan rings is 1. The third kappa shape index (κ3) is 1.51. The lowest BCUT2D eigenvalue weighted by Crippen LogP contribution is -2.40. The van der Waals surface area contributed by atoms with Crippen LogP contribution in [-0.2, 0) is 5.41 Å². The van der Waals surface area contributed by atoms with E-state index >= 15 is 0 Å². The van der Waals surface area contributed by atoms with E-state index in [-0.39, 0.29) is 5.41 Å². The van der Waals surface area contributed by atoms with Crippen LogP contribution in [0.1, 0.15) is 32.4 Å². The van der Waals surface area contributed by atoms with Crippen molar-refractivity contribution in [3.63, 3.8) is 0 Å². The van der Waals surface area contributed by atoms with Gasteiger partial charge in [-0.1, -0.05) is 13.8 Å². The zero-order valence-electron chi connectivity index (χ0n) is 8.34. The summed E-state index contributed by atoms with van der Waals surface area (Å²) in [7, 11) is 0. The number of nitrogens with one attached hydrogen (secondary N) is 1. The summed E-state index contributed by atoms with van der Waals surface area (Å²) in [6.45, 7) is 5.64. The Hall–Kier alpha value is -0.760. The molecule has 1 atom stereocenters. The number of rotatable bonds is 2. The van der Waals surface area contributed by atoms with Crippen molar-refractivity contribution in [2.45, 2.75) is 38.1 Å². The minimum atomic E-state index is 0.125. The van der Waals surface area contributed by atoms with E-state index in [4.69, 9.17) is 4.42 Å². The predicted octanol–water partition coefficient (Wildman–Crippen LogP) is 2.31. The Bertz CT molecular complexity index is 258. The van der Waals surface area contributed by atoms with Crippen LogP contribution in [0, 0.1) is 0 Å². The molecular formula is C11H17NO. The Kier molecular flexibility index (Phi) is 2.16. The first-order valence-electron chi connectivity index (χ1n) is 4.98. The van der Waals surface area contributed by atoms with Crippen molar-refractivity contribution in [3.8, 4) is 0 Å². The normalized spacial score (nSPS) is 23.7. The largest absolute Gasteiger partial charge is 0.469 e. The summed E-state index contributed by atoms with van der Waals surface area (Å²) in [5, 5.41) is 3.53. The molecule has 0 aliphatic carbocycles. The van der Waals surface area contributed by atoms with Gasteiger partial charge < -0.3 is 9.73 Å². The van der Waals surface area contributed by atoms with Gasteiger partial charge in [-0.2, -0.15) is 0 Å². The van der Waals surface area contributed by atoms with Crippen molar-refractivity contribution >= 4 is 0 Å². The second-order valence-corrected chi connectivity index (χ2v) is 4.35. The molecule has 0 saturated carbocycles. The second-order valence-electron chi connectivity index (χ2n) is 4.35. The maximum atomic E-state index is 5.47. The third-order valence-electron chi connectivity index (χ3n) is 3.09. The zero-order chi connectivity index (χ0) is 9.31. The van der Waals surface area contributed by atoms with Gasteiger partial charge >= 0.3 is 0 Å². The Balaban J connectivity index is 2.19. The van der Waals surface area contributed by atoms with Gasteiger partial charge in [0.25, 0.3) is 0 Å². The molecule has 1 aliphatic heterocycles. The Labute approximate surface area is 79.3 Å². The van der Waals surface area contributed by atoms with Crippen molar-refractivity contribution in [1.82, 2.24) is 5.32 Å². The first kappa shape index (κ1) is 8.82. The average molecular weight is 179 g/mol. The smallest absolute Gasteiger partial charge is 0.110 e. The van der Waals surface area contributed by atoms with Crippen LogP contribution in [0.2, 0.25) is 0 Å². The zero-order valence-corrected chi connectivity index (χ0v) is 8.34. The highest BCUT2D eigenvalue weighted by Gasteiger charge is 2.35. The molecule has 1 N–H and O–H groups in total. The topological polar surface area (TPSA) is 25.2 Å². The molecule has 0 amide bonds. The quantitative estimate of drug-likeness (QED) is 0.753. The van der Waals surface area contributed by atoms with E-state index in [1.54, 1.807) is 6.26 Å². The molecule has 1 aliphatic rings. The van der Waals surface area contributed by atoms with Gasteiger partial charge in [-0.15, -0.1) is 0 Å². The average Bonchev–Trinajstić information content (AvgIpc) is 2.78. The highest BCUT2D eigenvalue weighted by Crippen LogP contribution is 2.31. The molecule has 2 nitrogen and oxygen atoms in total. The fourth-order valence-corrected chi connectivity index (χ4v) is 2.12. The highest BCUT2D eigenvalue weighted by atomic mass is 16.3. The van der Waals surface area contributed by atoms with Crippen LogP contribution in [0.25, 0.3) is 0 Å². The van der Waals surface area contributed by atoms with Gasteiger partial charge in [-0.05, 0) is 31.5 Å². The highest BCUT2D eigenvalue weighted by molar-refractivity contribution is 5.15. The van der Waals surface area contributed by atoms with E-state index in [0.717, 1.165) is 12.3 Å². The van der Waals surface area contributed by atoms with Gasteiger partial charge in [-0.25, -0.2) is 0 Å². The molecule has 0 bridgehead atoms. The minimum Gasteiger partial charge on any atom is -0.469 e. The maximum absolute atomic E-state index is 5.47. The van der Waals surface area contributed by atoms with E-state index in [0.29, 0.717) is 6.04 Å². The molecule has 1 unspecified atom stereocenters. The lowest BCUT2D eigenvalue weighted by Gasteiger charge is -2.29. The van der Waals surface area contributed by atoms with Crippen LogP contribution in [0.15, 0.2) is 22.8 Å². The van der Waals surface area contributed by atoms with Crippen LogP contribution in [0.4, 0.5) is 0 Å². The Morgan fingerprint density at radius 2 is 2.38 bits per heavy atom. The lowest BCUT2D eigenvalue weighted by molar-refractivity contribution is 0.308. The summed E-state index contributed by atoms with van der Waals surface area (Å²) in [5.74, 6) is 1.09. The molecule has 13 heavy (non-hydrogen) atoms. The summed E-state index contributed by atoms with van der Waals surface area (Å²) in [5.41, 5.74) is 0.125. The van der Waals surface area contributed by atoms with Crippen molar-refractivity contribution in [2.24, 2.45) is 0 Å². The monoisotopic (exact) mass is 179 g/mol. The molecule has 0 radical (unpaired) electrons. The van der Waals surface area contributed by atoms with E-state index < -0.39 is 0 Å². The summed E-state index contributed by atoms with van der Waals surface area (Å²) < 4.78 is 5.47. The molecule has 1 saturated heterocycles. The first-order valence-corrected chi connectivity index (χ1v) is 4.98. The number of hydrogen-bond donors (Lipinski definition) is 1. The van der Waals surface area contributed by atoms with Crippen molar-refractivity contribution < 1.29 is 4.42 Å². The minimum absolute atomic E-state index is 0.125. The summed E-state index contributed by atoms with van der Waals surface area (Å²) in [4.78, 5) is 0. The van der Waals surface area contributed by atoms with E-state index in [9.17, 15) is 0 Å². The molecule has 2 heteroatoms. The molecule has 2 heterocycles. The summed E-state index contributed by atoms with van der Waals surface area (Å²) >= 11 is 0. The Morgan fingerprint density at radius 1 is 1.54 bits per heavy atom. The van der Waals surface area contributed by atoms with Gasteiger partial charge in [0.2, 0.25) is 0 Å². The summed E-state index contributed by atoms with van der Waals surface area (Å²) in [6, 6.07) is 4.60. The number of hydrogen-bond acceptors (Lipinski definition) is 2. The molecule has 72 valence electrons. The van der Waals surface area contributed by atoms with Gasteiger partial charge in [0.05, 0.1) is 6.26 Å². The maximum Gasteiger partial charge on any atom is 0.110 e. The summed E-state index contributed by atoms with van der Waals surface area (Å²) in [6.07, 6.45) is 4.30. The molecule has 1 aromatic heterocycles. The fourth-order valence-electron chi connectivity index (χ4n) is 2.12. The second kappa shape index (κ2) is 3.18. The van der Waals surface area contributed by atoms with Crippen LogP contribution in [-0.4, -0.2) is 12.6 Å². The first-order chi connectivity index (χ1) is 6.21. The van der Waals surface area contributed by atoms with Crippen molar-refractivity contribution in [2.75, 3.05) is 6.54 Å². The van der Waals surface area contributed by atoms with Crippen molar-refractivity contribution in [1.29, 1.82) is 0 Å². The standard InChI is InChI=1S/C11H17NO/c1-11(2,9-5-3-7-12-9)10-6-4-8-13-10/h4,6,8-9,12H,3,5,7H2,1-2H3. The van der Waals surface area contributed by atoms with Gasteiger partial charge in [0.1, 0.15) is 5.76 Å². The van der Waals surface area contributed by atoms with Gasteiger partial charge in [-0.3, -0.25) is 0 Å². The van der Waals surface area contributed by atoms with Crippen LogP contribution < -0.4 is 5.32 Å². The third-order valence-corrected chi connectivity index (χ3v) is 3.09. The molecule has 1 fully saturated rings. The predicted molar refractivity (Wildman–Crippen MR) is 52.8 cm³/mol. The Morgan fingerprint density at radius 3 is 2.92 bits per heavy atom. The molecule has 0 aromatic carbocycles. The van der Waals surface area contributed by atoms with Crippen LogP contribution in [0.3, 0.4) is 0 Å². The molecule has 0 spiro atoms. The molecule has 1 aromatic rings. The van der Waals surface area contributed by atoms with Gasteiger partial charge in [0.15, 0.2) is 0 Å². The van der Waals surface area contributed by atoms with Crippen LogP contribution >= 0.6 is 0 Å². The van der Waals surface area contributed by atoms with E-state index in [2.05, 4.69) is 25.2 Å². The SMILES string of the molecule is CC(C)(c1ccco1)C1CCCN1. The van der Waals surface area contributed by atoms with E-state index in [1.165, 1.54) is 12.8 Å². The van der Waals surface area contributed by atoms with Crippen LogP contribution in [0.5, 0.6) is 0 Å². The van der Waals surface area contributed by atoms with Gasteiger partial charge in [0, 0.05) is 11.5 Å². The molecular weight excluding hydrogens is 162 g/mol. The lowest BCUT2D eigenvalue weighted by atomic mass is 9.81. The molecule has 2 rings (SSSR count). The van der Waals surface area contributed by atoms with Crippen molar-refractivity contribution in [3.05, 3.63) is 24.2 Å².